The smallest absolute Gasteiger partial charge is 0.256 e. The van der Waals surface area contributed by atoms with Crippen molar-refractivity contribution in [3.05, 3.63) is 120 Å². The highest BCUT2D eigenvalue weighted by Gasteiger charge is 2.18. The fraction of sp³-hybridized carbons (Fsp3) is 0. The van der Waals surface area contributed by atoms with Gasteiger partial charge < -0.3 is 10.1 Å². The first-order valence-corrected chi connectivity index (χ1v) is 11.9. The molecule has 5 rings (SSSR count). The fourth-order valence-electron chi connectivity index (χ4n) is 3.40. The largest absolute Gasteiger partial charge is 0.457 e. The van der Waals surface area contributed by atoms with Gasteiger partial charge in [-0.3, -0.25) is 4.79 Å². The second-order valence-electron chi connectivity index (χ2n) is 7.60. The molecule has 4 nitrogen and oxygen atoms in total. The zero-order chi connectivity index (χ0) is 24.2. The van der Waals surface area contributed by atoms with E-state index in [0.717, 1.165) is 5.56 Å². The molecule has 0 aliphatic heterocycles. The predicted molar refractivity (Wildman–Crippen MR) is 139 cm³/mol. The van der Waals surface area contributed by atoms with Gasteiger partial charge in [0.2, 0.25) is 0 Å². The van der Waals surface area contributed by atoms with E-state index in [0.29, 0.717) is 43.4 Å². The number of hydrogen-bond donors (Lipinski definition) is 1. The number of nitrogens with one attached hydrogen (secondary N) is 1. The highest BCUT2D eigenvalue weighted by Crippen LogP contribution is 2.39. The molecule has 0 fully saturated rings. The van der Waals surface area contributed by atoms with Gasteiger partial charge in [0.15, 0.2) is 0 Å². The molecule has 7 heteroatoms. The topological polar surface area (TPSA) is 51.2 Å². The number of amides is 1. The monoisotopic (exact) mass is 500 g/mol. The van der Waals surface area contributed by atoms with Gasteiger partial charge in [0.25, 0.3) is 5.91 Å². The van der Waals surface area contributed by atoms with E-state index in [4.69, 9.17) is 21.3 Å². The Hall–Kier alpha value is -4.00. The number of aromatic nitrogens is 1. The highest BCUT2D eigenvalue weighted by atomic mass is 35.5. The van der Waals surface area contributed by atoms with Crippen molar-refractivity contribution < 1.29 is 13.9 Å². The van der Waals surface area contributed by atoms with E-state index in [-0.39, 0.29) is 11.7 Å². The Balaban J connectivity index is 1.44. The molecular weight excluding hydrogens is 483 g/mol. The SMILES string of the molecule is O=C(Nc1sc(-c2ccc(Oc3ccc(Cl)cc3)cc2)nc1-c1ccc(F)cc1)c1ccccc1. The van der Waals surface area contributed by atoms with Crippen LogP contribution >= 0.6 is 22.9 Å². The summed E-state index contributed by atoms with van der Waals surface area (Å²) in [6, 6.07) is 29.6. The summed E-state index contributed by atoms with van der Waals surface area (Å²) in [7, 11) is 0. The third-order valence-corrected chi connectivity index (χ3v) is 6.43. The average Bonchev–Trinajstić information content (AvgIpc) is 3.30. The standard InChI is InChI=1S/C28H18ClFN2O2S/c29-21-10-16-24(17-11-21)34-23-14-8-20(9-15-23)27-31-25(18-6-12-22(30)13-7-18)28(35-27)32-26(33)19-4-2-1-3-5-19/h1-17H,(H,32,33). The molecule has 0 spiro atoms. The summed E-state index contributed by atoms with van der Waals surface area (Å²) < 4.78 is 19.4. The quantitative estimate of drug-likeness (QED) is 0.255. The molecule has 1 aromatic heterocycles. The van der Waals surface area contributed by atoms with Crippen LogP contribution < -0.4 is 10.1 Å². The molecule has 0 saturated carbocycles. The maximum absolute atomic E-state index is 13.5. The van der Waals surface area contributed by atoms with Crippen LogP contribution in [-0.2, 0) is 0 Å². The average molecular weight is 501 g/mol. The van der Waals surface area contributed by atoms with E-state index < -0.39 is 0 Å². The van der Waals surface area contributed by atoms with Crippen LogP contribution in [0.3, 0.4) is 0 Å². The molecular formula is C28H18ClFN2O2S. The Kier molecular flexibility index (Phi) is 6.57. The number of carbonyl (C=O) groups excluding carboxylic acids is 1. The van der Waals surface area contributed by atoms with E-state index in [9.17, 15) is 9.18 Å². The van der Waals surface area contributed by atoms with Gasteiger partial charge in [-0.05, 0) is 84.9 Å². The first kappa shape index (κ1) is 22.8. The van der Waals surface area contributed by atoms with Gasteiger partial charge in [0.05, 0.1) is 0 Å². The molecule has 1 heterocycles. The Morgan fingerprint density at radius 3 is 2.06 bits per heavy atom. The summed E-state index contributed by atoms with van der Waals surface area (Å²) in [5.74, 6) is 0.774. The minimum atomic E-state index is -0.338. The van der Waals surface area contributed by atoms with Crippen LogP contribution in [-0.4, -0.2) is 10.9 Å². The van der Waals surface area contributed by atoms with Gasteiger partial charge in [-0.1, -0.05) is 41.1 Å². The zero-order valence-electron chi connectivity index (χ0n) is 18.2. The Morgan fingerprint density at radius 1 is 0.800 bits per heavy atom. The van der Waals surface area contributed by atoms with Crippen molar-refractivity contribution >= 4 is 33.8 Å². The normalized spacial score (nSPS) is 10.7. The number of hydrogen-bond acceptors (Lipinski definition) is 4. The molecule has 0 aliphatic carbocycles. The number of rotatable bonds is 6. The number of nitrogens with zero attached hydrogens (tertiary/aromatic N) is 1. The number of thiazole rings is 1. The third kappa shape index (κ3) is 5.40. The van der Waals surface area contributed by atoms with E-state index in [1.54, 1.807) is 48.5 Å². The van der Waals surface area contributed by atoms with Crippen LogP contribution in [0.2, 0.25) is 5.02 Å². The Bertz CT molecular complexity index is 1450. The van der Waals surface area contributed by atoms with Gasteiger partial charge in [0.1, 0.15) is 33.0 Å². The van der Waals surface area contributed by atoms with Crippen molar-refractivity contribution in [3.63, 3.8) is 0 Å². The lowest BCUT2D eigenvalue weighted by molar-refractivity contribution is 0.102. The summed E-state index contributed by atoms with van der Waals surface area (Å²) in [6.45, 7) is 0. The molecule has 1 amide bonds. The summed E-state index contributed by atoms with van der Waals surface area (Å²) in [5, 5.41) is 4.91. The highest BCUT2D eigenvalue weighted by molar-refractivity contribution is 7.19. The fourth-order valence-corrected chi connectivity index (χ4v) is 4.51. The summed E-state index contributed by atoms with van der Waals surface area (Å²) in [6.07, 6.45) is 0. The molecule has 4 aromatic carbocycles. The number of ether oxygens (including phenoxy) is 1. The number of benzene rings is 4. The Labute approximate surface area is 210 Å². The molecule has 5 aromatic rings. The number of halogens is 2. The van der Waals surface area contributed by atoms with Crippen molar-refractivity contribution in [2.45, 2.75) is 0 Å². The lowest BCUT2D eigenvalue weighted by atomic mass is 10.1. The van der Waals surface area contributed by atoms with Crippen molar-refractivity contribution in [2.24, 2.45) is 0 Å². The molecule has 0 saturated heterocycles. The van der Waals surface area contributed by atoms with Crippen LogP contribution in [0.25, 0.3) is 21.8 Å². The first-order valence-electron chi connectivity index (χ1n) is 10.7. The minimum absolute atomic E-state index is 0.240. The van der Waals surface area contributed by atoms with Crippen molar-refractivity contribution in [2.75, 3.05) is 5.32 Å². The second-order valence-corrected chi connectivity index (χ2v) is 9.04. The summed E-state index contributed by atoms with van der Waals surface area (Å²) >= 11 is 7.28. The second kappa shape index (κ2) is 10.1. The van der Waals surface area contributed by atoms with Crippen molar-refractivity contribution in [1.29, 1.82) is 0 Å². The maximum Gasteiger partial charge on any atom is 0.256 e. The molecule has 0 unspecified atom stereocenters. The molecule has 172 valence electrons. The first-order chi connectivity index (χ1) is 17.0. The van der Waals surface area contributed by atoms with Crippen molar-refractivity contribution in [3.8, 4) is 33.3 Å². The lowest BCUT2D eigenvalue weighted by Crippen LogP contribution is -2.11. The minimum Gasteiger partial charge on any atom is -0.457 e. The summed E-state index contributed by atoms with van der Waals surface area (Å²) in [4.78, 5) is 17.6. The molecule has 0 atom stereocenters. The van der Waals surface area contributed by atoms with Gasteiger partial charge >= 0.3 is 0 Å². The van der Waals surface area contributed by atoms with E-state index in [2.05, 4.69) is 5.32 Å². The van der Waals surface area contributed by atoms with Gasteiger partial charge in [-0.15, -0.1) is 0 Å². The molecule has 1 N–H and O–H groups in total. The van der Waals surface area contributed by atoms with E-state index in [1.165, 1.54) is 23.5 Å². The zero-order valence-corrected chi connectivity index (χ0v) is 19.8. The van der Waals surface area contributed by atoms with E-state index in [1.807, 2.05) is 42.5 Å². The Morgan fingerprint density at radius 2 is 1.40 bits per heavy atom. The predicted octanol–water partition coefficient (Wildman–Crippen LogP) is 8.31. The third-order valence-electron chi connectivity index (χ3n) is 5.16. The molecule has 0 bridgehead atoms. The van der Waals surface area contributed by atoms with Crippen LogP contribution in [0.5, 0.6) is 11.5 Å². The van der Waals surface area contributed by atoms with Crippen LogP contribution in [0.4, 0.5) is 9.39 Å². The van der Waals surface area contributed by atoms with Gasteiger partial charge in [0, 0.05) is 21.7 Å². The number of carbonyl (C=O) groups is 1. The van der Waals surface area contributed by atoms with Crippen LogP contribution in [0.15, 0.2) is 103 Å². The maximum atomic E-state index is 13.5. The van der Waals surface area contributed by atoms with Gasteiger partial charge in [-0.25, -0.2) is 9.37 Å². The lowest BCUT2D eigenvalue weighted by Gasteiger charge is -2.06. The van der Waals surface area contributed by atoms with Gasteiger partial charge in [-0.2, -0.15) is 0 Å². The van der Waals surface area contributed by atoms with Crippen LogP contribution in [0.1, 0.15) is 10.4 Å². The molecule has 0 radical (unpaired) electrons. The molecule has 35 heavy (non-hydrogen) atoms. The number of anilines is 1. The van der Waals surface area contributed by atoms with Crippen LogP contribution in [0, 0.1) is 5.82 Å². The summed E-state index contributed by atoms with van der Waals surface area (Å²) in [5.41, 5.74) is 2.69. The van der Waals surface area contributed by atoms with E-state index >= 15 is 0 Å². The molecule has 0 aliphatic rings. The van der Waals surface area contributed by atoms with Crippen molar-refractivity contribution in [1.82, 2.24) is 4.98 Å².